The summed E-state index contributed by atoms with van der Waals surface area (Å²) >= 11 is 0. The molecule has 7 nitrogen and oxygen atoms in total. The Morgan fingerprint density at radius 2 is 2.16 bits per heavy atom. The summed E-state index contributed by atoms with van der Waals surface area (Å²) in [6, 6.07) is 11.8. The smallest absolute Gasteiger partial charge is 0.163 e. The van der Waals surface area contributed by atoms with Crippen molar-refractivity contribution in [2.24, 2.45) is 5.41 Å². The van der Waals surface area contributed by atoms with Crippen LogP contribution >= 0.6 is 0 Å². The van der Waals surface area contributed by atoms with Crippen molar-refractivity contribution < 1.29 is 41.7 Å². The Bertz CT molecular complexity index is 1230. The van der Waals surface area contributed by atoms with Gasteiger partial charge in [-0.2, -0.15) is 17.4 Å². The van der Waals surface area contributed by atoms with E-state index >= 15 is 0 Å². The van der Waals surface area contributed by atoms with Gasteiger partial charge in [0.15, 0.2) is 5.78 Å². The van der Waals surface area contributed by atoms with Crippen molar-refractivity contribution in [1.82, 2.24) is 14.5 Å². The number of imidazole rings is 1. The van der Waals surface area contributed by atoms with E-state index in [1.165, 1.54) is 6.92 Å². The minimum Gasteiger partial charge on any atom is -0.468 e. The average molecular weight is 580 g/mol. The van der Waals surface area contributed by atoms with E-state index in [9.17, 15) is 10.1 Å². The molecule has 1 fully saturated rings. The van der Waals surface area contributed by atoms with Crippen molar-refractivity contribution in [3.05, 3.63) is 66.7 Å². The van der Waals surface area contributed by atoms with Crippen molar-refractivity contribution in [2.75, 3.05) is 17.2 Å². The van der Waals surface area contributed by atoms with E-state index in [0.717, 1.165) is 29.6 Å². The molecule has 8 heteroatoms. The number of nitriles is 1. The molecular weight excluding hydrogens is 557 g/mol. The molecule has 4 rings (SSSR count). The van der Waals surface area contributed by atoms with E-state index in [2.05, 4.69) is 27.9 Å². The van der Waals surface area contributed by atoms with Crippen LogP contribution in [0.1, 0.15) is 37.0 Å². The Labute approximate surface area is 216 Å². The largest absolute Gasteiger partial charge is 0.468 e. The van der Waals surface area contributed by atoms with Crippen LogP contribution < -0.4 is 10.6 Å². The number of pyridine rings is 1. The molecule has 0 unspecified atom stereocenters. The van der Waals surface area contributed by atoms with Crippen molar-refractivity contribution in [3.63, 3.8) is 0 Å². The molecule has 0 saturated heterocycles. The van der Waals surface area contributed by atoms with Gasteiger partial charge in [0.25, 0.3) is 0 Å². The first-order valence-electron chi connectivity index (χ1n) is 10.2. The number of ketones is 1. The van der Waals surface area contributed by atoms with Crippen LogP contribution in [0.3, 0.4) is 0 Å². The van der Waals surface area contributed by atoms with Gasteiger partial charge in [-0.25, -0.2) is 9.97 Å². The van der Waals surface area contributed by atoms with E-state index in [1.807, 2.05) is 41.8 Å². The van der Waals surface area contributed by atoms with Crippen LogP contribution in [-0.4, -0.2) is 26.9 Å². The Morgan fingerprint density at radius 3 is 2.84 bits per heavy atom. The van der Waals surface area contributed by atoms with E-state index in [-0.39, 0.29) is 48.1 Å². The maximum atomic E-state index is 12.1. The number of carbonyl (C=O) groups is 1. The van der Waals surface area contributed by atoms with Gasteiger partial charge < -0.3 is 10.6 Å². The van der Waals surface area contributed by atoms with Gasteiger partial charge in [0.2, 0.25) is 0 Å². The summed E-state index contributed by atoms with van der Waals surface area (Å²) in [6.07, 6.45) is 12.1. The standard InChI is InChI=1S/C24H23N6O.Tm/c1-3-4-5-12-26-18-6-8-20-21(13-18)30(16-28-20)22-9-7-19(17(2)31)23(29-22)27-15-24(14-25)10-11-24;/h3-9,13,16,26H,10-11,15H2,1-2H3,(H,27,29);/q-1;/b4-3+;. The van der Waals surface area contributed by atoms with Gasteiger partial charge in [-0.15, -0.1) is 12.3 Å². The first-order chi connectivity index (χ1) is 15.0. The van der Waals surface area contributed by atoms with Crippen LogP contribution in [0, 0.1) is 59.8 Å². The first-order valence-corrected chi connectivity index (χ1v) is 10.2. The van der Waals surface area contributed by atoms with E-state index in [4.69, 9.17) is 4.98 Å². The maximum Gasteiger partial charge on any atom is 0.163 e. The Kier molecular flexibility index (Phi) is 7.70. The SMILES string of the molecule is C/C=C/C=[C-]Nc1ccc2ncn(-c3ccc(C(C)=O)c(NCC4(C#N)CC4)n3)c2c1.[Tm]. The average Bonchev–Trinajstić information content (AvgIpc) is 3.45. The third-order valence-corrected chi connectivity index (χ3v) is 5.33. The second-order valence-corrected chi connectivity index (χ2v) is 7.65. The van der Waals surface area contributed by atoms with Crippen molar-refractivity contribution in [3.8, 4) is 11.9 Å². The number of benzene rings is 1. The molecule has 2 heterocycles. The summed E-state index contributed by atoms with van der Waals surface area (Å²) < 4.78 is 1.88. The molecule has 0 aliphatic heterocycles. The molecule has 2 N–H and O–H groups in total. The predicted octanol–water partition coefficient (Wildman–Crippen LogP) is 4.64. The molecule has 0 amide bonds. The number of carbonyl (C=O) groups excluding carboxylic acids is 1. The van der Waals surface area contributed by atoms with Crippen LogP contribution in [0.2, 0.25) is 0 Å². The first kappa shape index (κ1) is 24.0. The Hall–Kier alpha value is -2.69. The molecule has 1 saturated carbocycles. The Morgan fingerprint density at radius 1 is 1.34 bits per heavy atom. The summed E-state index contributed by atoms with van der Waals surface area (Å²) in [7, 11) is 0. The van der Waals surface area contributed by atoms with E-state index < -0.39 is 0 Å². The summed E-state index contributed by atoms with van der Waals surface area (Å²) in [4.78, 5) is 21.3. The Balaban J connectivity index is 0.00000289. The van der Waals surface area contributed by atoms with Crippen LogP contribution in [0.15, 0.2) is 54.9 Å². The summed E-state index contributed by atoms with van der Waals surface area (Å²) in [6.45, 7) is 3.94. The summed E-state index contributed by atoms with van der Waals surface area (Å²) in [5.41, 5.74) is 2.75. The molecule has 0 atom stereocenters. The van der Waals surface area contributed by atoms with Gasteiger partial charge in [0.1, 0.15) is 18.0 Å². The molecule has 169 valence electrons. The fourth-order valence-corrected chi connectivity index (χ4v) is 3.27. The van der Waals surface area contributed by atoms with Gasteiger partial charge in [-0.1, -0.05) is 24.7 Å². The minimum atomic E-state index is -0.342. The second kappa shape index (κ2) is 10.3. The normalized spacial score (nSPS) is 14.3. The molecule has 1 aromatic carbocycles. The van der Waals surface area contributed by atoms with Crippen LogP contribution in [0.4, 0.5) is 11.5 Å². The molecular formula is C24H23N6OTm-. The fourth-order valence-electron chi connectivity index (χ4n) is 3.27. The topological polar surface area (TPSA) is 95.6 Å². The van der Waals surface area contributed by atoms with Crippen molar-refractivity contribution in [1.29, 1.82) is 5.26 Å². The number of rotatable bonds is 8. The van der Waals surface area contributed by atoms with Crippen molar-refractivity contribution in [2.45, 2.75) is 26.7 Å². The third-order valence-electron chi connectivity index (χ3n) is 5.33. The number of nitrogens with zero attached hydrogens (tertiary/aromatic N) is 4. The second-order valence-electron chi connectivity index (χ2n) is 7.65. The minimum absolute atomic E-state index is 0. The number of hydrogen-bond donors (Lipinski definition) is 2. The molecule has 2 aromatic heterocycles. The van der Waals surface area contributed by atoms with Crippen molar-refractivity contribution >= 4 is 28.3 Å². The molecule has 1 radical (unpaired) electrons. The van der Waals surface area contributed by atoms with Gasteiger partial charge in [-0.05, 0) is 38.0 Å². The molecule has 32 heavy (non-hydrogen) atoms. The quantitative estimate of drug-likeness (QED) is 0.175. The number of hydrogen-bond acceptors (Lipinski definition) is 6. The van der Waals surface area contributed by atoms with Crippen LogP contribution in [0.25, 0.3) is 16.9 Å². The van der Waals surface area contributed by atoms with E-state index in [0.29, 0.717) is 23.7 Å². The van der Waals surface area contributed by atoms with Gasteiger partial charge >= 0.3 is 0 Å². The number of anilines is 2. The zero-order valence-corrected chi connectivity index (χ0v) is 19.6. The molecule has 3 aromatic rings. The van der Waals surface area contributed by atoms with Gasteiger partial charge in [-0.3, -0.25) is 9.36 Å². The van der Waals surface area contributed by atoms with Gasteiger partial charge in [0.05, 0.1) is 28.1 Å². The number of aromatic nitrogens is 3. The van der Waals surface area contributed by atoms with Gasteiger partial charge in [0, 0.05) is 43.4 Å². The number of allylic oxidation sites excluding steroid dienone is 3. The number of Topliss-reactive ketones (excluding diaryl/α,β-unsaturated/α-hetero) is 1. The predicted molar refractivity (Wildman–Crippen MR) is 121 cm³/mol. The number of fused-ring (bicyclic) bond motifs is 1. The van der Waals surface area contributed by atoms with Crippen LogP contribution in [0.5, 0.6) is 0 Å². The van der Waals surface area contributed by atoms with Crippen LogP contribution in [-0.2, 0) is 0 Å². The zero-order chi connectivity index (χ0) is 21.8. The molecule has 0 bridgehead atoms. The summed E-state index contributed by atoms with van der Waals surface area (Å²) in [5, 5.41) is 15.7. The maximum absolute atomic E-state index is 12.1. The van der Waals surface area contributed by atoms with E-state index in [1.54, 1.807) is 24.5 Å². The molecule has 1 aliphatic rings. The third kappa shape index (κ3) is 5.20. The summed E-state index contributed by atoms with van der Waals surface area (Å²) in [5.74, 6) is 1.06. The fraction of sp³-hybridized carbons (Fsp3) is 0.250. The zero-order valence-electron chi connectivity index (χ0n) is 17.8. The monoisotopic (exact) mass is 580 g/mol. The molecule has 0 spiro atoms. The number of nitrogens with one attached hydrogen (secondary N) is 2. The molecule has 1 aliphatic carbocycles.